The number of nitrogens with zero attached hydrogens (tertiary/aromatic N) is 1. The summed E-state index contributed by atoms with van der Waals surface area (Å²) in [5.41, 5.74) is 6.07. The maximum atomic E-state index is 6.07. The second-order valence-corrected chi connectivity index (χ2v) is 6.57. The Bertz CT molecular complexity index is 221. The van der Waals surface area contributed by atoms with Crippen molar-refractivity contribution in [1.82, 2.24) is 4.90 Å². The summed E-state index contributed by atoms with van der Waals surface area (Å²) in [7, 11) is 0. The zero-order valence-electron chi connectivity index (χ0n) is 11.7. The molecule has 2 atom stereocenters. The molecule has 0 aromatic carbocycles. The van der Waals surface area contributed by atoms with Gasteiger partial charge in [0.05, 0.1) is 0 Å². The third-order valence-electron chi connectivity index (χ3n) is 5.00. The number of likely N-dealkylation sites (tertiary alicyclic amines) is 1. The van der Waals surface area contributed by atoms with Crippen molar-refractivity contribution in [1.29, 1.82) is 0 Å². The average molecular weight is 238 g/mol. The van der Waals surface area contributed by atoms with E-state index < -0.39 is 0 Å². The summed E-state index contributed by atoms with van der Waals surface area (Å²) in [5, 5.41) is 0. The second-order valence-electron chi connectivity index (χ2n) is 6.57. The molecular formula is C15H30N2. The topological polar surface area (TPSA) is 29.3 Å². The Labute approximate surface area is 107 Å². The van der Waals surface area contributed by atoms with Crippen LogP contribution in [-0.4, -0.2) is 30.6 Å². The van der Waals surface area contributed by atoms with Crippen molar-refractivity contribution < 1.29 is 0 Å². The molecule has 0 aromatic heterocycles. The lowest BCUT2D eigenvalue weighted by Gasteiger charge is -2.42. The molecule has 1 saturated heterocycles. The molecule has 2 heteroatoms. The number of nitrogens with two attached hydrogens (primary N) is 1. The SMILES string of the molecule is CC1CCC(C(CN)N2CCCC(C)C2)CC1. The van der Waals surface area contributed by atoms with Crippen LogP contribution in [0.4, 0.5) is 0 Å². The van der Waals surface area contributed by atoms with Crippen molar-refractivity contribution in [2.24, 2.45) is 23.5 Å². The molecule has 0 spiro atoms. The van der Waals surface area contributed by atoms with Crippen LogP contribution in [0, 0.1) is 17.8 Å². The van der Waals surface area contributed by atoms with E-state index in [9.17, 15) is 0 Å². The van der Waals surface area contributed by atoms with Gasteiger partial charge in [-0.3, -0.25) is 4.90 Å². The van der Waals surface area contributed by atoms with Crippen molar-refractivity contribution in [2.45, 2.75) is 58.4 Å². The summed E-state index contributed by atoms with van der Waals surface area (Å²) in [5.74, 6) is 2.70. The maximum Gasteiger partial charge on any atom is 0.0246 e. The monoisotopic (exact) mass is 238 g/mol. The first-order valence-electron chi connectivity index (χ1n) is 7.64. The van der Waals surface area contributed by atoms with Crippen molar-refractivity contribution in [3.05, 3.63) is 0 Å². The fourth-order valence-electron chi connectivity index (χ4n) is 3.84. The summed E-state index contributed by atoms with van der Waals surface area (Å²) in [6.45, 7) is 8.23. The van der Waals surface area contributed by atoms with E-state index in [0.717, 1.165) is 24.3 Å². The molecule has 2 fully saturated rings. The minimum atomic E-state index is 0.672. The maximum absolute atomic E-state index is 6.07. The number of hydrogen-bond acceptors (Lipinski definition) is 2. The predicted molar refractivity (Wildman–Crippen MR) is 73.9 cm³/mol. The van der Waals surface area contributed by atoms with E-state index in [1.54, 1.807) is 0 Å². The predicted octanol–water partition coefficient (Wildman–Crippen LogP) is 2.87. The Balaban J connectivity index is 1.90. The van der Waals surface area contributed by atoms with E-state index in [-0.39, 0.29) is 0 Å². The molecular weight excluding hydrogens is 208 g/mol. The van der Waals surface area contributed by atoms with Gasteiger partial charge in [-0.2, -0.15) is 0 Å². The van der Waals surface area contributed by atoms with E-state index in [2.05, 4.69) is 18.7 Å². The van der Waals surface area contributed by atoms with Crippen molar-refractivity contribution in [2.75, 3.05) is 19.6 Å². The van der Waals surface area contributed by atoms with Gasteiger partial charge in [-0.05, 0) is 50.0 Å². The molecule has 1 heterocycles. The van der Waals surface area contributed by atoms with Crippen LogP contribution in [0.15, 0.2) is 0 Å². The Morgan fingerprint density at radius 2 is 1.76 bits per heavy atom. The molecule has 17 heavy (non-hydrogen) atoms. The van der Waals surface area contributed by atoms with Crippen molar-refractivity contribution in [3.8, 4) is 0 Å². The summed E-state index contributed by atoms with van der Waals surface area (Å²) < 4.78 is 0. The highest BCUT2D eigenvalue weighted by atomic mass is 15.2. The van der Waals surface area contributed by atoms with Gasteiger partial charge >= 0.3 is 0 Å². The van der Waals surface area contributed by atoms with Gasteiger partial charge in [0.15, 0.2) is 0 Å². The number of piperidine rings is 1. The van der Waals surface area contributed by atoms with Crippen LogP contribution in [0.2, 0.25) is 0 Å². The van der Waals surface area contributed by atoms with Crippen molar-refractivity contribution in [3.63, 3.8) is 0 Å². The molecule has 0 radical (unpaired) electrons. The van der Waals surface area contributed by atoms with Gasteiger partial charge in [0.25, 0.3) is 0 Å². The summed E-state index contributed by atoms with van der Waals surface area (Å²) in [6.07, 6.45) is 8.45. The molecule has 2 aliphatic rings. The summed E-state index contributed by atoms with van der Waals surface area (Å²) in [6, 6.07) is 0.672. The van der Waals surface area contributed by atoms with Gasteiger partial charge in [0.2, 0.25) is 0 Å². The molecule has 2 N–H and O–H groups in total. The molecule has 0 bridgehead atoms. The van der Waals surface area contributed by atoms with Gasteiger partial charge in [-0.1, -0.05) is 26.7 Å². The third-order valence-corrected chi connectivity index (χ3v) is 5.00. The first-order chi connectivity index (χ1) is 8.20. The van der Waals surface area contributed by atoms with E-state index in [0.29, 0.717) is 6.04 Å². The van der Waals surface area contributed by atoms with Gasteiger partial charge in [0.1, 0.15) is 0 Å². The number of hydrogen-bond donors (Lipinski definition) is 1. The van der Waals surface area contributed by atoms with Gasteiger partial charge in [0, 0.05) is 19.1 Å². The zero-order chi connectivity index (χ0) is 12.3. The van der Waals surface area contributed by atoms with E-state index in [1.807, 2.05) is 0 Å². The lowest BCUT2D eigenvalue weighted by Crippen LogP contribution is -2.50. The molecule has 2 rings (SSSR count). The largest absolute Gasteiger partial charge is 0.329 e. The highest BCUT2D eigenvalue weighted by molar-refractivity contribution is 4.86. The van der Waals surface area contributed by atoms with Crippen LogP contribution in [0.25, 0.3) is 0 Å². The van der Waals surface area contributed by atoms with Gasteiger partial charge in [-0.25, -0.2) is 0 Å². The zero-order valence-corrected chi connectivity index (χ0v) is 11.7. The second kappa shape index (κ2) is 6.19. The molecule has 0 aromatic rings. The fraction of sp³-hybridized carbons (Fsp3) is 1.00. The van der Waals surface area contributed by atoms with Crippen LogP contribution in [0.1, 0.15) is 52.4 Å². The molecule has 1 aliphatic heterocycles. The van der Waals surface area contributed by atoms with Crippen LogP contribution in [0.3, 0.4) is 0 Å². The first-order valence-corrected chi connectivity index (χ1v) is 7.64. The Morgan fingerprint density at radius 3 is 2.35 bits per heavy atom. The molecule has 100 valence electrons. The Morgan fingerprint density at radius 1 is 1.06 bits per heavy atom. The Hall–Kier alpha value is -0.0800. The highest BCUT2D eigenvalue weighted by Gasteiger charge is 2.31. The van der Waals surface area contributed by atoms with Crippen molar-refractivity contribution >= 4 is 0 Å². The lowest BCUT2D eigenvalue weighted by atomic mass is 9.78. The third kappa shape index (κ3) is 3.45. The quantitative estimate of drug-likeness (QED) is 0.819. The van der Waals surface area contributed by atoms with Crippen LogP contribution >= 0.6 is 0 Å². The smallest absolute Gasteiger partial charge is 0.0246 e. The molecule has 1 aliphatic carbocycles. The summed E-state index contributed by atoms with van der Waals surface area (Å²) in [4.78, 5) is 2.70. The first kappa shape index (κ1) is 13.4. The molecule has 1 saturated carbocycles. The highest BCUT2D eigenvalue weighted by Crippen LogP contribution is 2.33. The fourth-order valence-corrected chi connectivity index (χ4v) is 3.84. The minimum absolute atomic E-state index is 0.672. The van der Waals surface area contributed by atoms with Crippen LogP contribution in [0.5, 0.6) is 0 Å². The number of rotatable bonds is 3. The van der Waals surface area contributed by atoms with Gasteiger partial charge in [-0.15, -0.1) is 0 Å². The molecule has 2 unspecified atom stereocenters. The standard InChI is InChI=1S/C15H30N2/c1-12-5-7-14(8-6-12)15(10-16)17-9-3-4-13(2)11-17/h12-15H,3-11,16H2,1-2H3. The van der Waals surface area contributed by atoms with Crippen LogP contribution in [-0.2, 0) is 0 Å². The van der Waals surface area contributed by atoms with E-state index >= 15 is 0 Å². The van der Waals surface area contributed by atoms with E-state index in [1.165, 1.54) is 51.6 Å². The lowest BCUT2D eigenvalue weighted by molar-refractivity contribution is 0.0746. The van der Waals surface area contributed by atoms with E-state index in [4.69, 9.17) is 5.73 Å². The molecule has 2 nitrogen and oxygen atoms in total. The van der Waals surface area contributed by atoms with Gasteiger partial charge < -0.3 is 5.73 Å². The summed E-state index contributed by atoms with van der Waals surface area (Å²) >= 11 is 0. The minimum Gasteiger partial charge on any atom is -0.329 e. The van der Waals surface area contributed by atoms with Crippen LogP contribution < -0.4 is 5.73 Å². The Kier molecular flexibility index (Phi) is 4.87. The average Bonchev–Trinajstić information content (AvgIpc) is 2.33. The normalized spacial score (nSPS) is 37.9. The molecule has 0 amide bonds.